The molecule has 0 spiro atoms. The summed E-state index contributed by atoms with van der Waals surface area (Å²) >= 11 is 0. The SMILES string of the molecule is Cc1noc(C)c1COc1cccc(C(=O)N[C@@H](C)CCc2ccccc2)c1. The summed E-state index contributed by atoms with van der Waals surface area (Å²) in [4.78, 5) is 12.6. The van der Waals surface area contributed by atoms with Crippen LogP contribution in [0.3, 0.4) is 0 Å². The first-order valence-electron chi connectivity index (χ1n) is 9.52. The number of amides is 1. The number of nitrogens with zero attached hydrogens (tertiary/aromatic N) is 1. The van der Waals surface area contributed by atoms with Crippen molar-refractivity contribution in [2.45, 2.75) is 46.3 Å². The van der Waals surface area contributed by atoms with Crippen LogP contribution in [0.5, 0.6) is 5.75 Å². The van der Waals surface area contributed by atoms with Crippen LogP contribution in [0.15, 0.2) is 59.1 Å². The molecule has 5 heteroatoms. The van der Waals surface area contributed by atoms with Crippen molar-refractivity contribution in [1.29, 1.82) is 0 Å². The van der Waals surface area contributed by atoms with Crippen molar-refractivity contribution in [2.24, 2.45) is 0 Å². The van der Waals surface area contributed by atoms with Crippen molar-refractivity contribution in [1.82, 2.24) is 10.5 Å². The van der Waals surface area contributed by atoms with Crippen LogP contribution < -0.4 is 10.1 Å². The number of nitrogens with one attached hydrogen (secondary N) is 1. The molecule has 1 N–H and O–H groups in total. The second kappa shape index (κ2) is 9.22. The molecule has 0 aliphatic heterocycles. The second-order valence-corrected chi connectivity index (χ2v) is 7.02. The van der Waals surface area contributed by atoms with E-state index in [1.165, 1.54) is 5.56 Å². The van der Waals surface area contributed by atoms with Crippen molar-refractivity contribution in [3.8, 4) is 5.75 Å². The van der Waals surface area contributed by atoms with Gasteiger partial charge in [-0.05, 0) is 57.4 Å². The molecule has 3 aromatic rings. The maximum Gasteiger partial charge on any atom is 0.251 e. The summed E-state index contributed by atoms with van der Waals surface area (Å²) in [6, 6.07) is 17.6. The summed E-state index contributed by atoms with van der Waals surface area (Å²) in [5.41, 5.74) is 3.61. The van der Waals surface area contributed by atoms with Gasteiger partial charge in [0.2, 0.25) is 0 Å². The average Bonchev–Trinajstić information content (AvgIpc) is 3.03. The third-order valence-corrected chi connectivity index (χ3v) is 4.75. The molecule has 0 bridgehead atoms. The third-order valence-electron chi connectivity index (χ3n) is 4.75. The Balaban J connectivity index is 1.54. The number of ether oxygens (including phenoxy) is 1. The fraction of sp³-hybridized carbons (Fsp3) is 0.304. The fourth-order valence-electron chi connectivity index (χ4n) is 3.00. The number of benzene rings is 2. The van der Waals surface area contributed by atoms with E-state index >= 15 is 0 Å². The maximum atomic E-state index is 12.6. The Labute approximate surface area is 165 Å². The van der Waals surface area contributed by atoms with Crippen molar-refractivity contribution in [3.63, 3.8) is 0 Å². The van der Waals surface area contributed by atoms with Gasteiger partial charge in [-0.3, -0.25) is 4.79 Å². The number of hydrogen-bond acceptors (Lipinski definition) is 4. The third kappa shape index (κ3) is 5.22. The molecule has 0 saturated carbocycles. The molecular formula is C23H26N2O3. The van der Waals surface area contributed by atoms with Crippen LogP contribution in [0.25, 0.3) is 0 Å². The number of rotatable bonds is 8. The van der Waals surface area contributed by atoms with E-state index in [9.17, 15) is 4.79 Å². The fourth-order valence-corrected chi connectivity index (χ4v) is 3.00. The Bertz CT molecular complexity index is 899. The lowest BCUT2D eigenvalue weighted by Gasteiger charge is -2.14. The first-order valence-corrected chi connectivity index (χ1v) is 9.52. The minimum absolute atomic E-state index is 0.0829. The molecule has 1 amide bonds. The zero-order chi connectivity index (χ0) is 19.9. The van der Waals surface area contributed by atoms with E-state index < -0.39 is 0 Å². The summed E-state index contributed by atoms with van der Waals surface area (Å²) in [5, 5.41) is 6.99. The predicted molar refractivity (Wildman–Crippen MR) is 108 cm³/mol. The van der Waals surface area contributed by atoms with Gasteiger partial charge in [-0.2, -0.15) is 0 Å². The van der Waals surface area contributed by atoms with E-state index in [0.717, 1.165) is 29.9 Å². The monoisotopic (exact) mass is 378 g/mol. The minimum atomic E-state index is -0.0941. The standard InChI is InChI=1S/C23H26N2O3/c1-16(12-13-19-8-5-4-6-9-19)24-23(26)20-10-7-11-21(14-20)27-15-22-17(2)25-28-18(22)3/h4-11,14,16H,12-13,15H2,1-3H3,(H,24,26)/t16-/m0/s1. The Morgan fingerprint density at radius 2 is 1.93 bits per heavy atom. The lowest BCUT2D eigenvalue weighted by atomic mass is 10.1. The molecule has 146 valence electrons. The maximum absolute atomic E-state index is 12.6. The summed E-state index contributed by atoms with van der Waals surface area (Å²) < 4.78 is 11.0. The number of carbonyl (C=O) groups is 1. The lowest BCUT2D eigenvalue weighted by molar-refractivity contribution is 0.0938. The van der Waals surface area contributed by atoms with E-state index in [2.05, 4.69) is 22.6 Å². The molecule has 1 aromatic heterocycles. The highest BCUT2D eigenvalue weighted by atomic mass is 16.5. The smallest absolute Gasteiger partial charge is 0.251 e. The van der Waals surface area contributed by atoms with Gasteiger partial charge >= 0.3 is 0 Å². The second-order valence-electron chi connectivity index (χ2n) is 7.02. The molecule has 0 radical (unpaired) electrons. The zero-order valence-corrected chi connectivity index (χ0v) is 16.6. The normalized spacial score (nSPS) is 11.8. The van der Waals surface area contributed by atoms with Gasteiger partial charge in [0.05, 0.1) is 11.3 Å². The number of hydrogen-bond donors (Lipinski definition) is 1. The highest BCUT2D eigenvalue weighted by Gasteiger charge is 2.12. The molecule has 2 aromatic carbocycles. The van der Waals surface area contributed by atoms with Gasteiger partial charge in [-0.1, -0.05) is 41.6 Å². The van der Waals surface area contributed by atoms with E-state index in [0.29, 0.717) is 17.9 Å². The molecule has 0 saturated heterocycles. The molecule has 1 atom stereocenters. The molecule has 3 rings (SSSR count). The molecule has 0 fully saturated rings. The number of carbonyl (C=O) groups excluding carboxylic acids is 1. The van der Waals surface area contributed by atoms with Crippen LogP contribution in [0, 0.1) is 13.8 Å². The van der Waals surface area contributed by atoms with E-state index in [-0.39, 0.29) is 11.9 Å². The highest BCUT2D eigenvalue weighted by Crippen LogP contribution is 2.18. The minimum Gasteiger partial charge on any atom is -0.489 e. The molecular weight excluding hydrogens is 352 g/mol. The van der Waals surface area contributed by atoms with Crippen molar-refractivity contribution in [2.75, 3.05) is 0 Å². The summed E-state index contributed by atoms with van der Waals surface area (Å²) in [6.07, 6.45) is 1.82. The molecule has 0 unspecified atom stereocenters. The van der Waals surface area contributed by atoms with Crippen molar-refractivity contribution in [3.05, 3.63) is 82.7 Å². The predicted octanol–water partition coefficient (Wildman–Crippen LogP) is 4.62. The van der Waals surface area contributed by atoms with E-state index in [1.54, 1.807) is 12.1 Å². The van der Waals surface area contributed by atoms with Crippen LogP contribution in [0.2, 0.25) is 0 Å². The van der Waals surface area contributed by atoms with Gasteiger partial charge in [0.15, 0.2) is 0 Å². The molecule has 1 heterocycles. The zero-order valence-electron chi connectivity index (χ0n) is 16.6. The molecule has 0 aliphatic carbocycles. The van der Waals surface area contributed by atoms with Gasteiger partial charge in [-0.25, -0.2) is 0 Å². The Morgan fingerprint density at radius 3 is 2.64 bits per heavy atom. The van der Waals surface area contributed by atoms with Crippen LogP contribution in [0.1, 0.15) is 46.3 Å². The van der Waals surface area contributed by atoms with Crippen molar-refractivity contribution >= 4 is 5.91 Å². The van der Waals surface area contributed by atoms with Gasteiger partial charge in [-0.15, -0.1) is 0 Å². The van der Waals surface area contributed by atoms with Crippen LogP contribution in [-0.4, -0.2) is 17.1 Å². The summed E-state index contributed by atoms with van der Waals surface area (Å²) in [6.45, 7) is 6.13. The molecule has 28 heavy (non-hydrogen) atoms. The van der Waals surface area contributed by atoms with Gasteiger partial charge < -0.3 is 14.6 Å². The number of aromatic nitrogens is 1. The van der Waals surface area contributed by atoms with Gasteiger partial charge in [0.25, 0.3) is 5.91 Å². The number of aryl methyl sites for hydroxylation is 3. The quantitative estimate of drug-likeness (QED) is 0.621. The van der Waals surface area contributed by atoms with Crippen LogP contribution in [0.4, 0.5) is 0 Å². The van der Waals surface area contributed by atoms with Gasteiger partial charge in [0, 0.05) is 11.6 Å². The van der Waals surface area contributed by atoms with Crippen molar-refractivity contribution < 1.29 is 14.1 Å². The summed E-state index contributed by atoms with van der Waals surface area (Å²) in [7, 11) is 0. The van der Waals surface area contributed by atoms with Gasteiger partial charge in [0.1, 0.15) is 18.1 Å². The topological polar surface area (TPSA) is 64.4 Å². The largest absolute Gasteiger partial charge is 0.489 e. The van der Waals surface area contributed by atoms with Crippen LogP contribution in [-0.2, 0) is 13.0 Å². The Morgan fingerprint density at radius 1 is 1.14 bits per heavy atom. The first-order chi connectivity index (χ1) is 13.5. The Kier molecular flexibility index (Phi) is 6.48. The molecule has 0 aliphatic rings. The Hall–Kier alpha value is -3.08. The highest BCUT2D eigenvalue weighted by molar-refractivity contribution is 5.94. The van der Waals surface area contributed by atoms with E-state index in [1.807, 2.05) is 51.1 Å². The average molecular weight is 378 g/mol. The van der Waals surface area contributed by atoms with E-state index in [4.69, 9.17) is 9.26 Å². The first kappa shape index (κ1) is 19.7. The summed E-state index contributed by atoms with van der Waals surface area (Å²) in [5.74, 6) is 1.30. The molecule has 5 nitrogen and oxygen atoms in total. The van der Waals surface area contributed by atoms with Crippen LogP contribution >= 0.6 is 0 Å². The lowest BCUT2D eigenvalue weighted by Crippen LogP contribution is -2.32.